The maximum Gasteiger partial charge on any atom is 0.242 e. The van der Waals surface area contributed by atoms with Crippen molar-refractivity contribution in [3.63, 3.8) is 0 Å². The van der Waals surface area contributed by atoms with E-state index >= 15 is 0 Å². The molecule has 1 heterocycles. The topological polar surface area (TPSA) is 73.1 Å². The molecule has 0 spiro atoms. The third-order valence-electron chi connectivity index (χ3n) is 2.88. The Labute approximate surface area is 112 Å². The predicted octanol–water partition coefficient (Wildman–Crippen LogP) is 2.93. The Morgan fingerprint density at radius 2 is 1.84 bits per heavy atom. The van der Waals surface area contributed by atoms with Crippen LogP contribution < -0.4 is 15.8 Å². The Morgan fingerprint density at radius 3 is 2.42 bits per heavy atom. The molecule has 1 aromatic carbocycles. The highest BCUT2D eigenvalue weighted by atomic mass is 16.5. The molecule has 100 valence electrons. The summed E-state index contributed by atoms with van der Waals surface area (Å²) in [4.78, 5) is 8.05. The van der Waals surface area contributed by atoms with Crippen LogP contribution in [-0.4, -0.2) is 17.1 Å². The molecule has 1 aromatic heterocycles. The maximum atomic E-state index is 5.91. The van der Waals surface area contributed by atoms with E-state index in [0.29, 0.717) is 23.3 Å². The summed E-state index contributed by atoms with van der Waals surface area (Å²) in [7, 11) is 1.53. The lowest BCUT2D eigenvalue weighted by Crippen LogP contribution is -2.03. The number of hydrogen-bond acceptors (Lipinski definition) is 5. The molecule has 0 fully saturated rings. The van der Waals surface area contributed by atoms with Gasteiger partial charge in [0.1, 0.15) is 12.0 Å². The zero-order chi connectivity index (χ0) is 13.8. The van der Waals surface area contributed by atoms with E-state index in [1.54, 1.807) is 0 Å². The van der Waals surface area contributed by atoms with Crippen molar-refractivity contribution in [3.05, 3.63) is 36.2 Å². The molecule has 0 aliphatic rings. The molecular formula is C14H18N4O. The standard InChI is InChI=1S/C14H18N4O/c1-9(2)10-4-6-11(7-5-10)18-13-12(15)14(19-3)17-8-16-13/h4-9H,15H2,1-3H3,(H,16,17,18). The van der Waals surface area contributed by atoms with Crippen LogP contribution in [0.25, 0.3) is 0 Å². The van der Waals surface area contributed by atoms with E-state index < -0.39 is 0 Å². The highest BCUT2D eigenvalue weighted by molar-refractivity contribution is 5.72. The van der Waals surface area contributed by atoms with E-state index in [2.05, 4.69) is 41.3 Å². The van der Waals surface area contributed by atoms with Crippen LogP contribution in [0.5, 0.6) is 5.88 Å². The maximum absolute atomic E-state index is 5.91. The zero-order valence-electron chi connectivity index (χ0n) is 11.3. The van der Waals surface area contributed by atoms with Gasteiger partial charge in [-0.3, -0.25) is 0 Å². The third kappa shape index (κ3) is 2.93. The SMILES string of the molecule is COc1ncnc(Nc2ccc(C(C)C)cc2)c1N. The Kier molecular flexibility index (Phi) is 3.85. The summed E-state index contributed by atoms with van der Waals surface area (Å²) in [6.07, 6.45) is 1.42. The number of nitrogens with one attached hydrogen (secondary N) is 1. The van der Waals surface area contributed by atoms with Gasteiger partial charge in [-0.2, -0.15) is 4.98 Å². The van der Waals surface area contributed by atoms with Crippen molar-refractivity contribution in [2.75, 3.05) is 18.2 Å². The summed E-state index contributed by atoms with van der Waals surface area (Å²) in [5, 5.41) is 3.16. The lowest BCUT2D eigenvalue weighted by molar-refractivity contribution is 0.399. The first kappa shape index (κ1) is 13.1. The molecule has 19 heavy (non-hydrogen) atoms. The molecule has 5 heteroatoms. The van der Waals surface area contributed by atoms with Crippen LogP contribution in [0.15, 0.2) is 30.6 Å². The van der Waals surface area contributed by atoms with Crippen molar-refractivity contribution in [2.45, 2.75) is 19.8 Å². The van der Waals surface area contributed by atoms with Crippen LogP contribution in [0.4, 0.5) is 17.2 Å². The minimum atomic E-state index is 0.372. The molecule has 0 atom stereocenters. The summed E-state index contributed by atoms with van der Waals surface area (Å²) >= 11 is 0. The number of ether oxygens (including phenoxy) is 1. The number of aromatic nitrogens is 2. The molecule has 0 saturated carbocycles. The number of anilines is 3. The van der Waals surface area contributed by atoms with Gasteiger partial charge in [0.15, 0.2) is 5.82 Å². The molecule has 0 unspecified atom stereocenters. The third-order valence-corrected chi connectivity index (χ3v) is 2.88. The summed E-state index contributed by atoms with van der Waals surface area (Å²) in [6.45, 7) is 4.32. The summed E-state index contributed by atoms with van der Waals surface area (Å²) in [6, 6.07) is 8.18. The zero-order valence-corrected chi connectivity index (χ0v) is 11.3. The highest BCUT2D eigenvalue weighted by Crippen LogP contribution is 2.27. The predicted molar refractivity (Wildman–Crippen MR) is 76.8 cm³/mol. The van der Waals surface area contributed by atoms with E-state index in [-0.39, 0.29) is 0 Å². The van der Waals surface area contributed by atoms with Crippen molar-refractivity contribution in [1.29, 1.82) is 0 Å². The van der Waals surface area contributed by atoms with E-state index in [1.807, 2.05) is 12.1 Å². The van der Waals surface area contributed by atoms with Gasteiger partial charge in [-0.25, -0.2) is 4.98 Å². The first-order chi connectivity index (χ1) is 9.11. The molecule has 0 saturated heterocycles. The van der Waals surface area contributed by atoms with E-state index in [0.717, 1.165) is 5.69 Å². The van der Waals surface area contributed by atoms with Crippen molar-refractivity contribution >= 4 is 17.2 Å². The highest BCUT2D eigenvalue weighted by Gasteiger charge is 2.08. The number of nitrogens with two attached hydrogens (primary N) is 1. The second-order valence-electron chi connectivity index (χ2n) is 4.55. The molecule has 2 rings (SSSR count). The summed E-state index contributed by atoms with van der Waals surface area (Å²) < 4.78 is 5.06. The minimum absolute atomic E-state index is 0.372. The smallest absolute Gasteiger partial charge is 0.242 e. The van der Waals surface area contributed by atoms with Crippen LogP contribution in [-0.2, 0) is 0 Å². The number of nitrogens with zero attached hydrogens (tertiary/aromatic N) is 2. The minimum Gasteiger partial charge on any atom is -0.479 e. The molecule has 2 aromatic rings. The van der Waals surface area contributed by atoms with Gasteiger partial charge >= 0.3 is 0 Å². The fourth-order valence-corrected chi connectivity index (χ4v) is 1.73. The Balaban J connectivity index is 2.21. The van der Waals surface area contributed by atoms with E-state index in [1.165, 1.54) is 19.0 Å². The van der Waals surface area contributed by atoms with Crippen molar-refractivity contribution in [1.82, 2.24) is 9.97 Å². The quantitative estimate of drug-likeness (QED) is 0.882. The number of methoxy groups -OCH3 is 1. The van der Waals surface area contributed by atoms with Crippen LogP contribution in [0, 0.1) is 0 Å². The average molecular weight is 258 g/mol. The van der Waals surface area contributed by atoms with Crippen LogP contribution in [0.2, 0.25) is 0 Å². The van der Waals surface area contributed by atoms with Crippen LogP contribution in [0.1, 0.15) is 25.3 Å². The number of rotatable bonds is 4. The van der Waals surface area contributed by atoms with Crippen molar-refractivity contribution < 1.29 is 4.74 Å². The molecule has 0 aliphatic carbocycles. The van der Waals surface area contributed by atoms with Gasteiger partial charge in [0, 0.05) is 5.69 Å². The molecule has 0 bridgehead atoms. The first-order valence-electron chi connectivity index (χ1n) is 6.13. The normalized spacial score (nSPS) is 10.5. The summed E-state index contributed by atoms with van der Waals surface area (Å²) in [5.41, 5.74) is 8.53. The lowest BCUT2D eigenvalue weighted by Gasteiger charge is -2.11. The van der Waals surface area contributed by atoms with Crippen LogP contribution >= 0.6 is 0 Å². The van der Waals surface area contributed by atoms with Crippen molar-refractivity contribution in [2.24, 2.45) is 0 Å². The van der Waals surface area contributed by atoms with Gasteiger partial charge in [-0.05, 0) is 23.6 Å². The largest absolute Gasteiger partial charge is 0.479 e. The molecule has 3 N–H and O–H groups in total. The fraction of sp³-hybridized carbons (Fsp3) is 0.286. The first-order valence-corrected chi connectivity index (χ1v) is 6.13. The Bertz CT molecular complexity index is 552. The number of hydrogen-bond donors (Lipinski definition) is 2. The van der Waals surface area contributed by atoms with Crippen LogP contribution in [0.3, 0.4) is 0 Å². The van der Waals surface area contributed by atoms with E-state index in [9.17, 15) is 0 Å². The van der Waals surface area contributed by atoms with Crippen molar-refractivity contribution in [3.8, 4) is 5.88 Å². The second kappa shape index (κ2) is 5.56. The second-order valence-corrected chi connectivity index (χ2v) is 4.55. The number of benzene rings is 1. The monoisotopic (exact) mass is 258 g/mol. The van der Waals surface area contributed by atoms with Gasteiger partial charge in [0.05, 0.1) is 7.11 Å². The van der Waals surface area contributed by atoms with E-state index in [4.69, 9.17) is 10.5 Å². The fourth-order valence-electron chi connectivity index (χ4n) is 1.73. The Morgan fingerprint density at radius 1 is 1.16 bits per heavy atom. The average Bonchev–Trinajstić information content (AvgIpc) is 2.42. The van der Waals surface area contributed by atoms with Gasteiger partial charge in [0.2, 0.25) is 5.88 Å². The molecule has 0 amide bonds. The Hall–Kier alpha value is -2.30. The molecule has 0 radical (unpaired) electrons. The van der Waals surface area contributed by atoms with Gasteiger partial charge in [0.25, 0.3) is 0 Å². The number of nitrogen functional groups attached to an aromatic ring is 1. The molecule has 0 aliphatic heterocycles. The van der Waals surface area contributed by atoms with Gasteiger partial charge < -0.3 is 15.8 Å². The molecular weight excluding hydrogens is 240 g/mol. The summed E-state index contributed by atoms with van der Waals surface area (Å²) in [5.74, 6) is 1.43. The lowest BCUT2D eigenvalue weighted by atomic mass is 10.0. The van der Waals surface area contributed by atoms with Gasteiger partial charge in [-0.1, -0.05) is 26.0 Å². The van der Waals surface area contributed by atoms with Gasteiger partial charge in [-0.15, -0.1) is 0 Å². The molecule has 5 nitrogen and oxygen atoms in total.